The first-order valence-corrected chi connectivity index (χ1v) is 7.11. The Morgan fingerprint density at radius 3 is 2.85 bits per heavy atom. The SMILES string of the molecule is COCCCNCC(C)n1ccnc1-c1ccccc1. The third-order valence-electron chi connectivity index (χ3n) is 3.32. The van der Waals surface area contributed by atoms with Crippen LogP contribution in [0.15, 0.2) is 42.7 Å². The summed E-state index contributed by atoms with van der Waals surface area (Å²) in [6, 6.07) is 10.7. The van der Waals surface area contributed by atoms with E-state index in [9.17, 15) is 0 Å². The maximum absolute atomic E-state index is 5.04. The summed E-state index contributed by atoms with van der Waals surface area (Å²) in [4.78, 5) is 4.48. The lowest BCUT2D eigenvalue weighted by Crippen LogP contribution is -2.25. The maximum atomic E-state index is 5.04. The number of nitrogens with one attached hydrogen (secondary N) is 1. The van der Waals surface area contributed by atoms with Crippen LogP contribution in [0.2, 0.25) is 0 Å². The summed E-state index contributed by atoms with van der Waals surface area (Å²) < 4.78 is 7.26. The Labute approximate surface area is 120 Å². The number of benzene rings is 1. The van der Waals surface area contributed by atoms with E-state index >= 15 is 0 Å². The lowest BCUT2D eigenvalue weighted by atomic mass is 10.2. The molecule has 108 valence electrons. The molecule has 0 saturated carbocycles. The van der Waals surface area contributed by atoms with Crippen LogP contribution in [-0.4, -0.2) is 36.4 Å². The van der Waals surface area contributed by atoms with Gasteiger partial charge in [0.15, 0.2) is 0 Å². The summed E-state index contributed by atoms with van der Waals surface area (Å²) in [5.74, 6) is 1.02. The molecule has 0 bridgehead atoms. The van der Waals surface area contributed by atoms with Gasteiger partial charge in [0.1, 0.15) is 5.82 Å². The third kappa shape index (κ3) is 3.92. The number of aromatic nitrogens is 2. The van der Waals surface area contributed by atoms with E-state index in [-0.39, 0.29) is 0 Å². The van der Waals surface area contributed by atoms with Crippen molar-refractivity contribution in [3.05, 3.63) is 42.7 Å². The van der Waals surface area contributed by atoms with Gasteiger partial charge in [-0.3, -0.25) is 0 Å². The van der Waals surface area contributed by atoms with Crippen LogP contribution < -0.4 is 5.32 Å². The topological polar surface area (TPSA) is 39.1 Å². The van der Waals surface area contributed by atoms with Gasteiger partial charge in [0.25, 0.3) is 0 Å². The lowest BCUT2D eigenvalue weighted by molar-refractivity contribution is 0.194. The quantitative estimate of drug-likeness (QED) is 0.752. The van der Waals surface area contributed by atoms with Crippen LogP contribution in [0.4, 0.5) is 0 Å². The van der Waals surface area contributed by atoms with Crippen LogP contribution in [0.1, 0.15) is 19.4 Å². The maximum Gasteiger partial charge on any atom is 0.140 e. The molecule has 0 fully saturated rings. The molecule has 0 aliphatic rings. The molecule has 1 heterocycles. The monoisotopic (exact) mass is 273 g/mol. The second kappa shape index (κ2) is 7.82. The molecule has 1 aromatic heterocycles. The minimum atomic E-state index is 0.371. The molecule has 1 atom stereocenters. The van der Waals surface area contributed by atoms with E-state index in [2.05, 4.69) is 33.9 Å². The molecule has 4 nitrogen and oxygen atoms in total. The van der Waals surface area contributed by atoms with Gasteiger partial charge in [-0.25, -0.2) is 4.98 Å². The average Bonchev–Trinajstić information content (AvgIpc) is 2.97. The van der Waals surface area contributed by atoms with Gasteiger partial charge in [0, 0.05) is 44.3 Å². The van der Waals surface area contributed by atoms with E-state index in [1.807, 2.05) is 30.6 Å². The van der Waals surface area contributed by atoms with Gasteiger partial charge in [0.2, 0.25) is 0 Å². The fraction of sp³-hybridized carbons (Fsp3) is 0.438. The summed E-state index contributed by atoms with van der Waals surface area (Å²) in [6.45, 7) is 4.92. The van der Waals surface area contributed by atoms with Crippen LogP contribution in [-0.2, 0) is 4.74 Å². The first kappa shape index (κ1) is 14.8. The van der Waals surface area contributed by atoms with Crippen LogP contribution in [0.5, 0.6) is 0 Å². The molecule has 0 radical (unpaired) electrons. The minimum Gasteiger partial charge on any atom is -0.385 e. The second-order valence-corrected chi connectivity index (χ2v) is 4.92. The van der Waals surface area contributed by atoms with Crippen molar-refractivity contribution in [3.63, 3.8) is 0 Å². The molecule has 0 spiro atoms. The number of nitrogens with zero attached hydrogens (tertiary/aromatic N) is 2. The Morgan fingerprint density at radius 1 is 1.30 bits per heavy atom. The highest BCUT2D eigenvalue weighted by molar-refractivity contribution is 5.55. The van der Waals surface area contributed by atoms with Crippen molar-refractivity contribution in [3.8, 4) is 11.4 Å². The predicted molar refractivity (Wildman–Crippen MR) is 81.7 cm³/mol. The highest BCUT2D eigenvalue weighted by Crippen LogP contribution is 2.20. The summed E-state index contributed by atoms with van der Waals surface area (Å²) in [5.41, 5.74) is 1.16. The standard InChI is InChI=1S/C16H23N3O/c1-14(13-17-9-6-12-20-2)19-11-10-18-16(19)15-7-4-3-5-8-15/h3-5,7-8,10-11,14,17H,6,9,12-13H2,1-2H3. The Balaban J connectivity index is 1.94. The Kier molecular flexibility index (Phi) is 5.77. The van der Waals surface area contributed by atoms with E-state index in [0.29, 0.717) is 6.04 Å². The summed E-state index contributed by atoms with van der Waals surface area (Å²) in [6.07, 6.45) is 4.95. The van der Waals surface area contributed by atoms with Gasteiger partial charge in [-0.15, -0.1) is 0 Å². The number of hydrogen-bond acceptors (Lipinski definition) is 3. The van der Waals surface area contributed by atoms with Gasteiger partial charge in [-0.1, -0.05) is 30.3 Å². The van der Waals surface area contributed by atoms with Crippen molar-refractivity contribution in [2.45, 2.75) is 19.4 Å². The molecule has 2 rings (SSSR count). The molecule has 0 saturated heterocycles. The molecular weight excluding hydrogens is 250 g/mol. The molecule has 0 aliphatic carbocycles. The van der Waals surface area contributed by atoms with Crippen LogP contribution in [0.25, 0.3) is 11.4 Å². The van der Waals surface area contributed by atoms with Crippen molar-refractivity contribution in [2.24, 2.45) is 0 Å². The zero-order valence-corrected chi connectivity index (χ0v) is 12.2. The van der Waals surface area contributed by atoms with E-state index < -0.39 is 0 Å². The molecular formula is C16H23N3O. The predicted octanol–water partition coefficient (Wildman–Crippen LogP) is 2.74. The Morgan fingerprint density at radius 2 is 2.10 bits per heavy atom. The van der Waals surface area contributed by atoms with Gasteiger partial charge < -0.3 is 14.6 Å². The normalized spacial score (nSPS) is 12.5. The second-order valence-electron chi connectivity index (χ2n) is 4.92. The smallest absolute Gasteiger partial charge is 0.140 e. The molecule has 0 aliphatic heterocycles. The van der Waals surface area contributed by atoms with Gasteiger partial charge in [0.05, 0.1) is 0 Å². The van der Waals surface area contributed by atoms with Crippen LogP contribution >= 0.6 is 0 Å². The van der Waals surface area contributed by atoms with Crippen LogP contribution in [0, 0.1) is 0 Å². The number of imidazole rings is 1. The summed E-state index contributed by atoms with van der Waals surface area (Å²) >= 11 is 0. The summed E-state index contributed by atoms with van der Waals surface area (Å²) in [5, 5.41) is 3.46. The fourth-order valence-electron chi connectivity index (χ4n) is 2.23. The van der Waals surface area contributed by atoms with Crippen molar-refractivity contribution in [1.29, 1.82) is 0 Å². The first-order valence-electron chi connectivity index (χ1n) is 7.11. The number of ether oxygens (including phenoxy) is 1. The van der Waals surface area contributed by atoms with Gasteiger partial charge >= 0.3 is 0 Å². The largest absolute Gasteiger partial charge is 0.385 e. The zero-order valence-electron chi connectivity index (χ0n) is 12.2. The Bertz CT molecular complexity index is 495. The third-order valence-corrected chi connectivity index (χ3v) is 3.32. The van der Waals surface area contributed by atoms with E-state index in [1.165, 1.54) is 0 Å². The molecule has 2 aromatic rings. The minimum absolute atomic E-state index is 0.371. The highest BCUT2D eigenvalue weighted by Gasteiger charge is 2.10. The van der Waals surface area contributed by atoms with Crippen molar-refractivity contribution >= 4 is 0 Å². The van der Waals surface area contributed by atoms with E-state index in [0.717, 1.165) is 37.5 Å². The summed E-state index contributed by atoms with van der Waals surface area (Å²) in [7, 11) is 1.74. The molecule has 1 N–H and O–H groups in total. The fourth-order valence-corrected chi connectivity index (χ4v) is 2.23. The van der Waals surface area contributed by atoms with E-state index in [4.69, 9.17) is 4.74 Å². The molecule has 1 unspecified atom stereocenters. The van der Waals surface area contributed by atoms with Gasteiger partial charge in [-0.2, -0.15) is 0 Å². The molecule has 0 amide bonds. The molecule has 4 heteroatoms. The van der Waals surface area contributed by atoms with Gasteiger partial charge in [-0.05, 0) is 19.9 Å². The Hall–Kier alpha value is -1.65. The number of rotatable bonds is 8. The lowest BCUT2D eigenvalue weighted by Gasteiger charge is -2.17. The average molecular weight is 273 g/mol. The first-order chi connectivity index (χ1) is 9.83. The van der Waals surface area contributed by atoms with Crippen molar-refractivity contribution in [1.82, 2.24) is 14.9 Å². The zero-order chi connectivity index (χ0) is 14.2. The van der Waals surface area contributed by atoms with Crippen molar-refractivity contribution < 1.29 is 4.74 Å². The van der Waals surface area contributed by atoms with Crippen molar-refractivity contribution in [2.75, 3.05) is 26.8 Å². The highest BCUT2D eigenvalue weighted by atomic mass is 16.5. The molecule has 1 aromatic carbocycles. The van der Waals surface area contributed by atoms with Crippen LogP contribution in [0.3, 0.4) is 0 Å². The number of hydrogen-bond donors (Lipinski definition) is 1. The number of methoxy groups -OCH3 is 1. The van der Waals surface area contributed by atoms with E-state index in [1.54, 1.807) is 7.11 Å². The molecule has 20 heavy (non-hydrogen) atoms.